The molecular formula is C11H15N3O3S. The summed E-state index contributed by atoms with van der Waals surface area (Å²) in [6, 6.07) is 0.0176. The normalized spacial score (nSPS) is 19.8. The molecule has 7 heteroatoms. The minimum absolute atomic E-state index is 0.0176. The fourth-order valence-electron chi connectivity index (χ4n) is 2.26. The number of likely N-dealkylation sites (tertiary alicyclic amines) is 1. The number of hydrogen-bond donors (Lipinski definition) is 1. The van der Waals surface area contributed by atoms with Gasteiger partial charge in [-0.05, 0) is 37.2 Å². The van der Waals surface area contributed by atoms with E-state index in [2.05, 4.69) is 9.59 Å². The van der Waals surface area contributed by atoms with Gasteiger partial charge in [0, 0.05) is 24.4 Å². The number of carbonyl (C=O) groups excluding carboxylic acids is 1. The number of rotatable bonds is 4. The summed E-state index contributed by atoms with van der Waals surface area (Å²) in [5.41, 5.74) is 0.363. The predicted octanol–water partition coefficient (Wildman–Crippen LogP) is 1.40. The second kappa shape index (κ2) is 5.90. The Bertz CT molecular complexity index is 421. The fourth-order valence-corrected chi connectivity index (χ4v) is 2.69. The van der Waals surface area contributed by atoms with Gasteiger partial charge in [0.25, 0.3) is 5.91 Å². The number of piperidine rings is 1. The Morgan fingerprint density at radius 3 is 3.00 bits per heavy atom. The molecule has 0 radical (unpaired) electrons. The van der Waals surface area contributed by atoms with Crippen molar-refractivity contribution in [2.24, 2.45) is 0 Å². The van der Waals surface area contributed by atoms with Crippen LogP contribution >= 0.6 is 11.5 Å². The third-order valence-electron chi connectivity index (χ3n) is 3.16. The van der Waals surface area contributed by atoms with E-state index in [4.69, 9.17) is 5.11 Å². The van der Waals surface area contributed by atoms with Crippen molar-refractivity contribution in [1.29, 1.82) is 0 Å². The topological polar surface area (TPSA) is 83.4 Å². The van der Waals surface area contributed by atoms with Crippen molar-refractivity contribution in [2.45, 2.75) is 38.1 Å². The maximum Gasteiger partial charge on any atom is 0.303 e. The van der Waals surface area contributed by atoms with Gasteiger partial charge in [0.1, 0.15) is 0 Å². The van der Waals surface area contributed by atoms with E-state index in [0.717, 1.165) is 30.8 Å². The standard InChI is InChI=1S/C11H15N3O3S/c15-10(16)5-4-8-3-1-2-6-14(8)11(17)9-7-18-13-12-9/h7-8H,1-6H2,(H,15,16). The molecular weight excluding hydrogens is 254 g/mol. The number of aromatic nitrogens is 2. The summed E-state index contributed by atoms with van der Waals surface area (Å²) < 4.78 is 3.69. The third-order valence-corrected chi connectivity index (χ3v) is 3.66. The molecule has 1 N–H and O–H groups in total. The van der Waals surface area contributed by atoms with Crippen LogP contribution in [-0.4, -0.2) is 44.1 Å². The molecule has 1 saturated heterocycles. The van der Waals surface area contributed by atoms with Gasteiger partial charge < -0.3 is 10.0 Å². The van der Waals surface area contributed by atoms with Crippen molar-refractivity contribution in [2.75, 3.05) is 6.54 Å². The number of carboxylic acids is 1. The van der Waals surface area contributed by atoms with Gasteiger partial charge >= 0.3 is 5.97 Å². The van der Waals surface area contributed by atoms with Gasteiger partial charge in [0.15, 0.2) is 5.69 Å². The highest BCUT2D eigenvalue weighted by atomic mass is 32.1. The van der Waals surface area contributed by atoms with Crippen LogP contribution in [0.5, 0.6) is 0 Å². The molecule has 1 aromatic rings. The Kier molecular flexibility index (Phi) is 4.24. The molecule has 2 heterocycles. The van der Waals surface area contributed by atoms with Crippen LogP contribution in [0.15, 0.2) is 5.38 Å². The molecule has 1 aliphatic heterocycles. The molecule has 1 aromatic heterocycles. The number of hydrogen-bond acceptors (Lipinski definition) is 5. The van der Waals surface area contributed by atoms with E-state index in [9.17, 15) is 9.59 Å². The van der Waals surface area contributed by atoms with Crippen molar-refractivity contribution >= 4 is 23.4 Å². The Morgan fingerprint density at radius 2 is 2.33 bits per heavy atom. The van der Waals surface area contributed by atoms with Crippen LogP contribution in [0, 0.1) is 0 Å². The van der Waals surface area contributed by atoms with Gasteiger partial charge in [-0.25, -0.2) is 0 Å². The Morgan fingerprint density at radius 1 is 1.50 bits per heavy atom. The van der Waals surface area contributed by atoms with Crippen LogP contribution in [0.2, 0.25) is 0 Å². The van der Waals surface area contributed by atoms with Crippen LogP contribution in [-0.2, 0) is 4.79 Å². The Hall–Kier alpha value is -1.50. The lowest BCUT2D eigenvalue weighted by Crippen LogP contribution is -2.44. The van der Waals surface area contributed by atoms with Crippen LogP contribution in [0.1, 0.15) is 42.6 Å². The van der Waals surface area contributed by atoms with Gasteiger partial charge in [0.2, 0.25) is 0 Å². The van der Waals surface area contributed by atoms with E-state index in [0.29, 0.717) is 18.7 Å². The maximum absolute atomic E-state index is 12.2. The average molecular weight is 269 g/mol. The molecule has 1 amide bonds. The van der Waals surface area contributed by atoms with E-state index in [1.54, 1.807) is 10.3 Å². The first-order valence-corrected chi connectivity index (χ1v) is 6.82. The van der Waals surface area contributed by atoms with E-state index < -0.39 is 5.97 Å². The lowest BCUT2D eigenvalue weighted by molar-refractivity contribution is -0.137. The second-order valence-corrected chi connectivity index (χ2v) is 4.98. The van der Waals surface area contributed by atoms with Gasteiger partial charge in [-0.1, -0.05) is 4.49 Å². The first-order valence-electron chi connectivity index (χ1n) is 5.98. The number of nitrogens with zero attached hydrogens (tertiary/aromatic N) is 3. The number of carbonyl (C=O) groups is 2. The molecule has 2 rings (SSSR count). The quantitative estimate of drug-likeness (QED) is 0.893. The SMILES string of the molecule is O=C(O)CCC1CCCCN1C(=O)c1csnn1. The average Bonchev–Trinajstić information content (AvgIpc) is 2.89. The largest absolute Gasteiger partial charge is 0.481 e. The summed E-state index contributed by atoms with van der Waals surface area (Å²) in [7, 11) is 0. The molecule has 0 spiro atoms. The molecule has 1 fully saturated rings. The molecule has 1 unspecified atom stereocenters. The van der Waals surface area contributed by atoms with Gasteiger partial charge in [0.05, 0.1) is 0 Å². The highest BCUT2D eigenvalue weighted by Crippen LogP contribution is 2.22. The lowest BCUT2D eigenvalue weighted by Gasteiger charge is -2.35. The molecule has 18 heavy (non-hydrogen) atoms. The summed E-state index contributed by atoms with van der Waals surface area (Å²) >= 11 is 1.15. The van der Waals surface area contributed by atoms with E-state index in [-0.39, 0.29) is 18.4 Å². The minimum atomic E-state index is -0.816. The molecule has 1 aliphatic rings. The lowest BCUT2D eigenvalue weighted by atomic mass is 9.97. The van der Waals surface area contributed by atoms with Crippen LogP contribution < -0.4 is 0 Å². The molecule has 6 nitrogen and oxygen atoms in total. The molecule has 0 aromatic carbocycles. The smallest absolute Gasteiger partial charge is 0.303 e. The fraction of sp³-hybridized carbons (Fsp3) is 0.636. The maximum atomic E-state index is 12.2. The zero-order valence-corrected chi connectivity index (χ0v) is 10.7. The number of aliphatic carboxylic acids is 1. The number of carboxylic acid groups (broad SMARTS) is 1. The highest BCUT2D eigenvalue weighted by molar-refractivity contribution is 7.03. The number of amides is 1. The molecule has 1 atom stereocenters. The third kappa shape index (κ3) is 3.04. The summed E-state index contributed by atoms with van der Waals surface area (Å²) in [5.74, 6) is -0.942. The van der Waals surface area contributed by atoms with Gasteiger partial charge in [-0.3, -0.25) is 9.59 Å². The van der Waals surface area contributed by atoms with Gasteiger partial charge in [-0.15, -0.1) is 5.10 Å². The van der Waals surface area contributed by atoms with Crippen LogP contribution in [0.3, 0.4) is 0 Å². The van der Waals surface area contributed by atoms with Crippen LogP contribution in [0.25, 0.3) is 0 Å². The Labute approximate surface area is 109 Å². The van der Waals surface area contributed by atoms with Crippen molar-refractivity contribution in [3.8, 4) is 0 Å². The zero-order valence-electron chi connectivity index (χ0n) is 9.91. The second-order valence-electron chi connectivity index (χ2n) is 4.37. The minimum Gasteiger partial charge on any atom is -0.481 e. The molecule has 0 bridgehead atoms. The first kappa shape index (κ1) is 12.9. The van der Waals surface area contributed by atoms with Gasteiger partial charge in [-0.2, -0.15) is 0 Å². The predicted molar refractivity (Wildman–Crippen MR) is 65.5 cm³/mol. The van der Waals surface area contributed by atoms with Crippen molar-refractivity contribution < 1.29 is 14.7 Å². The monoisotopic (exact) mass is 269 g/mol. The Balaban J connectivity index is 2.03. The van der Waals surface area contributed by atoms with Crippen molar-refractivity contribution in [3.63, 3.8) is 0 Å². The van der Waals surface area contributed by atoms with E-state index in [1.165, 1.54) is 0 Å². The van der Waals surface area contributed by atoms with Crippen molar-refractivity contribution in [3.05, 3.63) is 11.1 Å². The highest BCUT2D eigenvalue weighted by Gasteiger charge is 2.28. The summed E-state index contributed by atoms with van der Waals surface area (Å²) in [5, 5.41) is 14.1. The van der Waals surface area contributed by atoms with Crippen molar-refractivity contribution in [1.82, 2.24) is 14.5 Å². The summed E-state index contributed by atoms with van der Waals surface area (Å²) in [4.78, 5) is 24.6. The molecule has 0 aliphatic carbocycles. The summed E-state index contributed by atoms with van der Waals surface area (Å²) in [6.45, 7) is 0.681. The molecule has 0 saturated carbocycles. The van der Waals surface area contributed by atoms with Crippen LogP contribution in [0.4, 0.5) is 0 Å². The summed E-state index contributed by atoms with van der Waals surface area (Å²) in [6.07, 6.45) is 3.50. The first-order chi connectivity index (χ1) is 8.68. The molecule has 98 valence electrons. The zero-order chi connectivity index (χ0) is 13.0. The van der Waals surface area contributed by atoms with E-state index >= 15 is 0 Å². The van der Waals surface area contributed by atoms with E-state index in [1.807, 2.05) is 0 Å².